The molecule has 1 aromatic heterocycles. The zero-order chi connectivity index (χ0) is 22.4. The summed E-state index contributed by atoms with van der Waals surface area (Å²) in [5.41, 5.74) is 3.61. The molecule has 3 rings (SSSR count). The van der Waals surface area contributed by atoms with E-state index in [2.05, 4.69) is 66.7 Å². The molecule has 0 unspecified atom stereocenters. The lowest BCUT2D eigenvalue weighted by atomic mass is 9.92. The SMILES string of the molecule is CC(C)c1cccc(C(C)C)c1NC(=O)CCSc1nnc(Nc2ccccc2F)s1. The first-order valence-corrected chi connectivity index (χ1v) is 12.1. The van der Waals surface area contributed by atoms with Crippen LogP contribution in [-0.2, 0) is 4.79 Å². The van der Waals surface area contributed by atoms with Crippen LogP contribution >= 0.6 is 23.1 Å². The van der Waals surface area contributed by atoms with Gasteiger partial charge in [0.1, 0.15) is 5.82 Å². The highest BCUT2D eigenvalue weighted by molar-refractivity contribution is 8.01. The van der Waals surface area contributed by atoms with Gasteiger partial charge in [-0.3, -0.25) is 4.79 Å². The van der Waals surface area contributed by atoms with Gasteiger partial charge < -0.3 is 10.6 Å². The van der Waals surface area contributed by atoms with Crippen molar-refractivity contribution >= 4 is 45.5 Å². The summed E-state index contributed by atoms with van der Waals surface area (Å²) < 4.78 is 14.5. The van der Waals surface area contributed by atoms with Gasteiger partial charge in [0.15, 0.2) is 4.34 Å². The molecule has 5 nitrogen and oxygen atoms in total. The summed E-state index contributed by atoms with van der Waals surface area (Å²) in [7, 11) is 0. The molecule has 1 heterocycles. The highest BCUT2D eigenvalue weighted by Gasteiger charge is 2.16. The Morgan fingerprint density at radius 2 is 1.71 bits per heavy atom. The maximum atomic E-state index is 13.8. The van der Waals surface area contributed by atoms with E-state index in [1.165, 1.54) is 29.2 Å². The molecule has 0 aliphatic rings. The summed E-state index contributed by atoms with van der Waals surface area (Å²) in [4.78, 5) is 12.6. The summed E-state index contributed by atoms with van der Waals surface area (Å²) in [6, 6.07) is 12.6. The molecule has 8 heteroatoms. The van der Waals surface area contributed by atoms with Gasteiger partial charge in [0.2, 0.25) is 11.0 Å². The lowest BCUT2D eigenvalue weighted by Crippen LogP contribution is -2.16. The number of aromatic nitrogens is 2. The van der Waals surface area contributed by atoms with Gasteiger partial charge in [-0.2, -0.15) is 0 Å². The molecule has 0 saturated heterocycles. The fraction of sp³-hybridized carbons (Fsp3) is 0.348. The van der Waals surface area contributed by atoms with E-state index >= 15 is 0 Å². The predicted octanol–water partition coefficient (Wildman–Crippen LogP) is 6.79. The van der Waals surface area contributed by atoms with Gasteiger partial charge in [-0.05, 0) is 35.1 Å². The highest BCUT2D eigenvalue weighted by atomic mass is 32.2. The van der Waals surface area contributed by atoms with Crippen LogP contribution in [0.4, 0.5) is 20.9 Å². The minimum absolute atomic E-state index is 0.0169. The molecule has 1 amide bonds. The van der Waals surface area contributed by atoms with Gasteiger partial charge in [0.05, 0.1) is 5.69 Å². The molecule has 0 spiro atoms. The number of nitrogens with one attached hydrogen (secondary N) is 2. The largest absolute Gasteiger partial charge is 0.328 e. The Labute approximate surface area is 190 Å². The second-order valence-corrected chi connectivity index (χ2v) is 10.1. The quantitative estimate of drug-likeness (QED) is 0.346. The third-order valence-corrected chi connectivity index (χ3v) is 6.69. The topological polar surface area (TPSA) is 66.9 Å². The number of amides is 1. The molecular formula is C23H27FN4OS2. The number of carbonyl (C=O) groups excluding carboxylic acids is 1. The third kappa shape index (κ3) is 6.27. The molecule has 3 aromatic rings. The first-order chi connectivity index (χ1) is 14.8. The summed E-state index contributed by atoms with van der Waals surface area (Å²) in [6.45, 7) is 8.53. The number of thioether (sulfide) groups is 1. The Kier molecular flexibility index (Phi) is 8.03. The average Bonchev–Trinajstić information content (AvgIpc) is 3.16. The number of halogens is 1. The van der Waals surface area contributed by atoms with E-state index in [0.717, 1.165) is 21.2 Å². The minimum Gasteiger partial charge on any atom is -0.328 e. The molecule has 0 saturated carbocycles. The standard InChI is InChI=1S/C23H27FN4OS2/c1-14(2)16-8-7-9-17(15(3)4)21(16)26-20(29)12-13-30-23-28-27-22(31-23)25-19-11-6-5-10-18(19)24/h5-11,14-15H,12-13H2,1-4H3,(H,25,27)(H,26,29). The summed E-state index contributed by atoms with van der Waals surface area (Å²) >= 11 is 2.80. The second kappa shape index (κ2) is 10.7. The number of rotatable bonds is 9. The Bertz CT molecular complexity index is 1010. The monoisotopic (exact) mass is 458 g/mol. The van der Waals surface area contributed by atoms with Crippen molar-refractivity contribution in [3.8, 4) is 0 Å². The van der Waals surface area contributed by atoms with Gasteiger partial charge in [0.25, 0.3) is 0 Å². The van der Waals surface area contributed by atoms with Crippen LogP contribution in [0, 0.1) is 5.82 Å². The van der Waals surface area contributed by atoms with E-state index in [1.807, 2.05) is 0 Å². The van der Waals surface area contributed by atoms with E-state index in [9.17, 15) is 9.18 Å². The van der Waals surface area contributed by atoms with Gasteiger partial charge in [-0.25, -0.2) is 4.39 Å². The molecule has 0 radical (unpaired) electrons. The van der Waals surface area contributed by atoms with Crippen LogP contribution in [0.25, 0.3) is 0 Å². The first kappa shape index (κ1) is 23.2. The highest BCUT2D eigenvalue weighted by Crippen LogP contribution is 2.33. The molecule has 0 aliphatic carbocycles. The maximum absolute atomic E-state index is 13.8. The van der Waals surface area contributed by atoms with Crippen LogP contribution in [0.3, 0.4) is 0 Å². The summed E-state index contributed by atoms with van der Waals surface area (Å²) in [5.74, 6) is 0.874. The van der Waals surface area contributed by atoms with Crippen molar-refractivity contribution in [3.05, 3.63) is 59.4 Å². The van der Waals surface area contributed by atoms with Gasteiger partial charge in [0, 0.05) is 17.9 Å². The van der Waals surface area contributed by atoms with Crippen molar-refractivity contribution in [1.29, 1.82) is 0 Å². The summed E-state index contributed by atoms with van der Waals surface area (Å²) in [5, 5.41) is 14.7. The van der Waals surface area contributed by atoms with E-state index in [1.54, 1.807) is 18.2 Å². The molecule has 0 atom stereocenters. The molecular weight excluding hydrogens is 431 g/mol. The van der Waals surface area contributed by atoms with Crippen molar-refractivity contribution in [1.82, 2.24) is 10.2 Å². The molecule has 0 aliphatic heterocycles. The lowest BCUT2D eigenvalue weighted by Gasteiger charge is -2.20. The smallest absolute Gasteiger partial charge is 0.225 e. The molecule has 31 heavy (non-hydrogen) atoms. The van der Waals surface area contributed by atoms with Crippen LogP contribution in [0.1, 0.15) is 57.1 Å². The van der Waals surface area contributed by atoms with Gasteiger partial charge in [-0.1, -0.05) is 81.1 Å². The number of nitrogens with zero attached hydrogens (tertiary/aromatic N) is 2. The number of para-hydroxylation sites is 2. The van der Waals surface area contributed by atoms with Crippen LogP contribution in [0.15, 0.2) is 46.8 Å². The Balaban J connectivity index is 1.56. The van der Waals surface area contributed by atoms with Crippen LogP contribution in [0.2, 0.25) is 0 Å². The van der Waals surface area contributed by atoms with Gasteiger partial charge in [-0.15, -0.1) is 10.2 Å². The zero-order valence-electron chi connectivity index (χ0n) is 18.1. The predicted molar refractivity (Wildman–Crippen MR) is 128 cm³/mol. The molecule has 2 N–H and O–H groups in total. The van der Waals surface area contributed by atoms with Crippen LogP contribution in [-0.4, -0.2) is 21.9 Å². The molecule has 0 fully saturated rings. The van der Waals surface area contributed by atoms with Crippen LogP contribution < -0.4 is 10.6 Å². The van der Waals surface area contributed by atoms with Crippen molar-refractivity contribution in [3.63, 3.8) is 0 Å². The van der Waals surface area contributed by atoms with E-state index in [0.29, 0.717) is 34.8 Å². The fourth-order valence-electron chi connectivity index (χ4n) is 3.12. The second-order valence-electron chi connectivity index (χ2n) is 7.75. The Morgan fingerprint density at radius 3 is 2.35 bits per heavy atom. The van der Waals surface area contributed by atoms with Crippen molar-refractivity contribution in [2.75, 3.05) is 16.4 Å². The number of hydrogen-bond acceptors (Lipinski definition) is 6. The number of carbonyl (C=O) groups is 1. The van der Waals surface area contributed by atoms with Crippen molar-refractivity contribution in [2.24, 2.45) is 0 Å². The van der Waals surface area contributed by atoms with Crippen LogP contribution in [0.5, 0.6) is 0 Å². The Morgan fingerprint density at radius 1 is 1.03 bits per heavy atom. The zero-order valence-corrected chi connectivity index (χ0v) is 19.7. The number of hydrogen-bond donors (Lipinski definition) is 2. The number of anilines is 3. The molecule has 2 aromatic carbocycles. The number of benzene rings is 2. The van der Waals surface area contributed by atoms with E-state index in [4.69, 9.17) is 0 Å². The maximum Gasteiger partial charge on any atom is 0.225 e. The minimum atomic E-state index is -0.342. The Hall–Kier alpha value is -2.45. The normalized spacial score (nSPS) is 11.2. The average molecular weight is 459 g/mol. The summed E-state index contributed by atoms with van der Waals surface area (Å²) in [6.07, 6.45) is 0.365. The molecule has 0 bridgehead atoms. The molecule has 164 valence electrons. The van der Waals surface area contributed by atoms with E-state index in [-0.39, 0.29) is 11.7 Å². The van der Waals surface area contributed by atoms with Crippen molar-refractivity contribution in [2.45, 2.75) is 50.3 Å². The fourth-order valence-corrected chi connectivity index (χ4v) is 4.90. The first-order valence-electron chi connectivity index (χ1n) is 10.3. The van der Waals surface area contributed by atoms with Crippen molar-refractivity contribution < 1.29 is 9.18 Å². The van der Waals surface area contributed by atoms with Gasteiger partial charge >= 0.3 is 0 Å². The third-order valence-electron chi connectivity index (χ3n) is 4.71. The van der Waals surface area contributed by atoms with E-state index < -0.39 is 0 Å². The lowest BCUT2D eigenvalue weighted by molar-refractivity contribution is -0.115.